The molecule has 3 atom stereocenters. The summed E-state index contributed by atoms with van der Waals surface area (Å²) in [5.74, 6) is -3.28. The maximum Gasteiger partial charge on any atom is 0.362 e. The minimum Gasteiger partial charge on any atom is -0.489 e. The number of hydrogen-bond donors (Lipinski definition) is 7. The number of amidine groups is 1. The van der Waals surface area contributed by atoms with E-state index in [-0.39, 0.29) is 39.9 Å². The Hall–Kier alpha value is -5.06. The van der Waals surface area contributed by atoms with Crippen LogP contribution in [0.1, 0.15) is 11.3 Å². The summed E-state index contributed by atoms with van der Waals surface area (Å²) in [5.41, 5.74) is 11.0. The van der Waals surface area contributed by atoms with Gasteiger partial charge in [0.2, 0.25) is 0 Å². The topological polar surface area (TPSA) is 292 Å². The number of oxime groups is 1. The van der Waals surface area contributed by atoms with Crippen LogP contribution in [0.5, 0.6) is 5.75 Å². The first-order chi connectivity index (χ1) is 21.8. The molecule has 1 aromatic heterocycles. The van der Waals surface area contributed by atoms with Gasteiger partial charge in [-0.3, -0.25) is 24.6 Å². The molecule has 1 saturated heterocycles. The highest BCUT2D eigenvalue weighted by atomic mass is 32.2. The lowest BCUT2D eigenvalue weighted by atomic mass is 9.98. The van der Waals surface area contributed by atoms with Gasteiger partial charge >= 0.3 is 16.3 Å². The molecule has 22 heteroatoms. The minimum atomic E-state index is -4.97. The number of anilines is 1. The molecule has 4 rings (SSSR count). The van der Waals surface area contributed by atoms with Gasteiger partial charge < -0.3 is 41.7 Å². The lowest BCUT2D eigenvalue weighted by Crippen LogP contribution is -2.74. The maximum atomic E-state index is 13.4. The summed E-state index contributed by atoms with van der Waals surface area (Å²) in [5, 5.41) is 33.4. The molecule has 2 aliphatic rings. The highest BCUT2D eigenvalue weighted by molar-refractivity contribution is 7.84. The van der Waals surface area contributed by atoms with Gasteiger partial charge in [0.25, 0.3) is 17.9 Å². The first-order valence-electron chi connectivity index (χ1n) is 13.3. The summed E-state index contributed by atoms with van der Waals surface area (Å²) in [6.45, 7) is 0.289. The number of amides is 2. The smallest absolute Gasteiger partial charge is 0.362 e. The SMILES string of the molecule is CN1C=NN(C[C@@H]2[C@H](NC(=O)/C(=N\O[C@@H](COc3ccc(C(=N)NCCN)cc3)C(=O)O)c3csc(N)n3)C(=O)N2S(=O)(=O)O)C1. The first-order valence-corrected chi connectivity index (χ1v) is 15.6. The quantitative estimate of drug-likeness (QED) is 0.0336. The van der Waals surface area contributed by atoms with E-state index in [1.807, 2.05) is 0 Å². The van der Waals surface area contributed by atoms with E-state index in [9.17, 15) is 32.5 Å². The third-order valence-electron chi connectivity index (χ3n) is 6.42. The van der Waals surface area contributed by atoms with Crippen LogP contribution in [0.3, 0.4) is 0 Å². The Bertz CT molecular complexity index is 1630. The standard InChI is InChI=1S/C24H31N11O9S2/c1-33-11-29-34(12-33)8-16-19(22(37)35(16)46(40,41)42)31-21(36)18(15-10-45-24(27)30-15)32-44-17(23(38)39)9-43-14-4-2-13(3-5-14)20(26)28-7-6-25/h2-5,10-11,16-17,19H,6-9,12,25H2,1H3,(H2,26,28)(H2,27,30)(H,31,36)(H,38,39)(H,40,41,42)/b32-18-/t16-,17+,19+/m1/s1. The van der Waals surface area contributed by atoms with Gasteiger partial charge in [-0.2, -0.15) is 13.5 Å². The van der Waals surface area contributed by atoms with Crippen molar-refractivity contribution in [2.75, 3.05) is 45.7 Å². The van der Waals surface area contributed by atoms with E-state index in [1.54, 1.807) is 24.1 Å². The van der Waals surface area contributed by atoms with Gasteiger partial charge in [-0.25, -0.2) is 14.1 Å². The zero-order valence-corrected chi connectivity index (χ0v) is 25.8. The number of ether oxygens (including phenoxy) is 1. The number of hydrogen-bond acceptors (Lipinski definition) is 16. The number of rotatable bonds is 15. The Balaban J connectivity index is 1.48. The zero-order valence-electron chi connectivity index (χ0n) is 24.1. The molecule has 2 aromatic rings. The molecule has 1 fully saturated rings. The average molecular weight is 682 g/mol. The number of carboxylic acid groups (broad SMARTS) is 1. The van der Waals surface area contributed by atoms with Crippen LogP contribution in [0.25, 0.3) is 0 Å². The fourth-order valence-corrected chi connectivity index (χ4v) is 5.64. The lowest BCUT2D eigenvalue weighted by Gasteiger charge is -2.45. The first kappa shape index (κ1) is 33.8. The fraction of sp³-hybridized carbons (Fsp3) is 0.375. The molecule has 0 spiro atoms. The molecule has 20 nitrogen and oxygen atoms in total. The molecule has 9 N–H and O–H groups in total. The van der Waals surface area contributed by atoms with Gasteiger partial charge in [0.1, 0.15) is 42.9 Å². The van der Waals surface area contributed by atoms with E-state index < -0.39 is 58.6 Å². The Morgan fingerprint density at radius 3 is 2.59 bits per heavy atom. The van der Waals surface area contributed by atoms with Crippen molar-refractivity contribution in [3.05, 3.63) is 40.9 Å². The number of benzene rings is 1. The number of nitrogens with zero attached hydrogens (tertiary/aromatic N) is 6. The second-order valence-electron chi connectivity index (χ2n) is 9.82. The second kappa shape index (κ2) is 14.4. The molecule has 2 amide bonds. The largest absolute Gasteiger partial charge is 0.489 e. The summed E-state index contributed by atoms with van der Waals surface area (Å²) in [6, 6.07) is 3.51. The summed E-state index contributed by atoms with van der Waals surface area (Å²) in [6.07, 6.45) is -0.256. The van der Waals surface area contributed by atoms with E-state index in [4.69, 9.17) is 26.5 Å². The van der Waals surface area contributed by atoms with Crippen molar-refractivity contribution in [1.29, 1.82) is 5.41 Å². The number of nitrogens with one attached hydrogen (secondary N) is 3. The van der Waals surface area contributed by atoms with Gasteiger partial charge in [0.15, 0.2) is 10.8 Å². The number of aliphatic carboxylic acids is 1. The maximum absolute atomic E-state index is 13.4. The van der Waals surface area contributed by atoms with Gasteiger partial charge in [0, 0.05) is 31.1 Å². The average Bonchev–Trinajstić information content (AvgIpc) is 3.62. The van der Waals surface area contributed by atoms with Gasteiger partial charge in [-0.05, 0) is 24.3 Å². The second-order valence-corrected chi connectivity index (χ2v) is 12.0. The van der Waals surface area contributed by atoms with Gasteiger partial charge in [-0.1, -0.05) is 5.16 Å². The highest BCUT2D eigenvalue weighted by Crippen LogP contribution is 2.26. The van der Waals surface area contributed by atoms with Crippen molar-refractivity contribution in [3.63, 3.8) is 0 Å². The number of carbonyl (C=O) groups is 3. The van der Waals surface area contributed by atoms with Crippen molar-refractivity contribution in [2.24, 2.45) is 16.0 Å². The van der Waals surface area contributed by atoms with Gasteiger partial charge in [0.05, 0.1) is 12.6 Å². The van der Waals surface area contributed by atoms with Crippen LogP contribution in [0, 0.1) is 5.41 Å². The van der Waals surface area contributed by atoms with Crippen LogP contribution in [0.2, 0.25) is 0 Å². The van der Waals surface area contributed by atoms with E-state index in [1.165, 1.54) is 28.9 Å². The normalized spacial score (nSPS) is 18.6. The van der Waals surface area contributed by atoms with Gasteiger partial charge in [-0.15, -0.1) is 11.3 Å². The van der Waals surface area contributed by atoms with Crippen LogP contribution in [-0.4, -0.2) is 131 Å². The fourth-order valence-electron chi connectivity index (χ4n) is 4.22. The number of nitrogens with two attached hydrogens (primary N) is 2. The van der Waals surface area contributed by atoms with Crippen LogP contribution >= 0.6 is 11.3 Å². The summed E-state index contributed by atoms with van der Waals surface area (Å²) in [4.78, 5) is 48.8. The van der Waals surface area contributed by atoms with Crippen molar-refractivity contribution in [3.8, 4) is 5.75 Å². The summed E-state index contributed by atoms with van der Waals surface area (Å²) < 4.78 is 39.1. The third kappa shape index (κ3) is 8.15. The molecule has 0 aliphatic carbocycles. The van der Waals surface area contributed by atoms with E-state index >= 15 is 0 Å². The predicted molar refractivity (Wildman–Crippen MR) is 163 cm³/mol. The highest BCUT2D eigenvalue weighted by Gasteiger charge is 2.55. The summed E-state index contributed by atoms with van der Waals surface area (Å²) >= 11 is 0.939. The summed E-state index contributed by atoms with van der Waals surface area (Å²) in [7, 11) is -3.26. The molecule has 0 unspecified atom stereocenters. The Morgan fingerprint density at radius 2 is 2.02 bits per heavy atom. The number of carbonyl (C=O) groups excluding carboxylic acids is 2. The molecule has 0 radical (unpaired) electrons. The number of carboxylic acids is 1. The van der Waals surface area contributed by atoms with Crippen LogP contribution in [0.15, 0.2) is 39.9 Å². The van der Waals surface area contributed by atoms with E-state index in [0.29, 0.717) is 18.7 Å². The molecule has 1 aromatic carbocycles. The lowest BCUT2D eigenvalue weighted by molar-refractivity contribution is -0.152. The Labute approximate surface area is 266 Å². The molecule has 0 saturated carbocycles. The molecule has 3 heterocycles. The number of nitrogen functional groups attached to an aromatic ring is 1. The molecule has 0 bridgehead atoms. The monoisotopic (exact) mass is 681 g/mol. The van der Waals surface area contributed by atoms with E-state index in [2.05, 4.69) is 25.9 Å². The molecule has 2 aliphatic heterocycles. The number of aromatic nitrogens is 1. The predicted octanol–water partition coefficient (Wildman–Crippen LogP) is -2.50. The van der Waals surface area contributed by atoms with Crippen molar-refractivity contribution >= 4 is 62.4 Å². The molecular formula is C24H31N11O9S2. The molecule has 248 valence electrons. The number of β-lactam (4-membered cyclic amide) rings is 1. The molecule has 46 heavy (non-hydrogen) atoms. The Kier molecular flexibility index (Phi) is 10.6. The van der Waals surface area contributed by atoms with Crippen LogP contribution in [-0.2, 0) is 29.5 Å². The van der Waals surface area contributed by atoms with Crippen LogP contribution in [0.4, 0.5) is 5.13 Å². The molecular weight excluding hydrogens is 650 g/mol. The zero-order chi connectivity index (χ0) is 33.6. The van der Waals surface area contributed by atoms with Crippen LogP contribution < -0.4 is 26.8 Å². The van der Waals surface area contributed by atoms with Crippen molar-refractivity contribution < 1.29 is 42.0 Å². The third-order valence-corrected chi connectivity index (χ3v) is 8.04. The van der Waals surface area contributed by atoms with Crippen molar-refractivity contribution in [2.45, 2.75) is 18.2 Å². The Morgan fingerprint density at radius 1 is 1.30 bits per heavy atom. The van der Waals surface area contributed by atoms with E-state index in [0.717, 1.165) is 11.3 Å². The number of thiazole rings is 1. The minimum absolute atomic E-state index is 0.0366. The van der Waals surface area contributed by atoms with Crippen molar-refractivity contribution in [1.82, 2.24) is 29.8 Å². The number of hydrazone groups is 1.